The van der Waals surface area contributed by atoms with E-state index in [9.17, 15) is 18.0 Å². The molecule has 27 heavy (non-hydrogen) atoms. The summed E-state index contributed by atoms with van der Waals surface area (Å²) in [5.74, 6) is -0.0177. The number of halogens is 4. The molecule has 0 aliphatic rings. The Labute approximate surface area is 158 Å². The highest BCUT2D eigenvalue weighted by Crippen LogP contribution is 2.34. The van der Waals surface area contributed by atoms with Crippen LogP contribution in [0.4, 0.5) is 13.2 Å². The molecule has 1 heterocycles. The second-order valence-electron chi connectivity index (χ2n) is 5.72. The summed E-state index contributed by atoms with van der Waals surface area (Å²) in [7, 11) is 0. The van der Waals surface area contributed by atoms with Crippen LogP contribution in [-0.4, -0.2) is 11.0 Å². The first-order valence-corrected chi connectivity index (χ1v) is 8.28. The highest BCUT2D eigenvalue weighted by molar-refractivity contribution is 6.33. The monoisotopic (exact) mass is 391 g/mol. The number of carbonyl (C=O) groups is 1. The minimum atomic E-state index is -4.52. The Bertz CT molecular complexity index is 959. The summed E-state index contributed by atoms with van der Waals surface area (Å²) >= 11 is 5.98. The molecule has 3 nitrogen and oxygen atoms in total. The van der Waals surface area contributed by atoms with E-state index in [0.717, 1.165) is 12.3 Å². The molecule has 0 amide bonds. The van der Waals surface area contributed by atoms with E-state index in [4.69, 9.17) is 16.3 Å². The van der Waals surface area contributed by atoms with E-state index in [-0.39, 0.29) is 17.1 Å². The minimum Gasteiger partial charge on any atom is -0.426 e. The highest BCUT2D eigenvalue weighted by Gasteiger charge is 2.31. The largest absolute Gasteiger partial charge is 0.426 e. The fourth-order valence-electron chi connectivity index (χ4n) is 2.46. The van der Waals surface area contributed by atoms with Gasteiger partial charge in [0, 0.05) is 11.8 Å². The van der Waals surface area contributed by atoms with Gasteiger partial charge in [-0.05, 0) is 29.8 Å². The molecule has 0 fully saturated rings. The second-order valence-corrected chi connectivity index (χ2v) is 6.12. The van der Waals surface area contributed by atoms with Gasteiger partial charge in [0.1, 0.15) is 5.75 Å². The molecule has 0 aliphatic carbocycles. The normalized spacial score (nSPS) is 11.3. The maximum Gasteiger partial charge on any atom is 0.417 e. The third kappa shape index (κ3) is 4.86. The lowest BCUT2D eigenvalue weighted by Gasteiger charge is -2.10. The van der Waals surface area contributed by atoms with Gasteiger partial charge in [-0.2, -0.15) is 13.2 Å². The van der Waals surface area contributed by atoms with Crippen LogP contribution in [0.1, 0.15) is 11.1 Å². The standard InChI is InChI=1S/C20H13ClF3NO2/c21-17-11-15(20(22,23)24)12-25-19(17)14-6-4-5-13(9-14)10-18(26)27-16-7-2-1-3-8-16/h1-9,11-12H,10H2. The lowest BCUT2D eigenvalue weighted by Crippen LogP contribution is -2.11. The Kier molecular flexibility index (Phi) is 5.46. The topological polar surface area (TPSA) is 39.2 Å². The van der Waals surface area contributed by atoms with Crippen LogP contribution >= 0.6 is 11.6 Å². The Morgan fingerprint density at radius 3 is 2.44 bits per heavy atom. The van der Waals surface area contributed by atoms with Crippen molar-refractivity contribution in [3.05, 3.63) is 83.0 Å². The van der Waals surface area contributed by atoms with Crippen LogP contribution in [-0.2, 0) is 17.4 Å². The van der Waals surface area contributed by atoms with Gasteiger partial charge in [-0.3, -0.25) is 9.78 Å². The molecule has 7 heteroatoms. The SMILES string of the molecule is O=C(Cc1cccc(-c2ncc(C(F)(F)F)cc2Cl)c1)Oc1ccccc1. The summed E-state index contributed by atoms with van der Waals surface area (Å²) in [6, 6.07) is 16.2. The maximum absolute atomic E-state index is 12.7. The van der Waals surface area contributed by atoms with E-state index >= 15 is 0 Å². The van der Waals surface area contributed by atoms with Crippen molar-refractivity contribution in [3.63, 3.8) is 0 Å². The van der Waals surface area contributed by atoms with Gasteiger partial charge >= 0.3 is 12.1 Å². The first kappa shape index (κ1) is 18.9. The number of benzene rings is 2. The number of hydrogen-bond donors (Lipinski definition) is 0. The van der Waals surface area contributed by atoms with E-state index in [2.05, 4.69) is 4.98 Å². The molecule has 0 spiro atoms. The first-order chi connectivity index (χ1) is 12.8. The van der Waals surface area contributed by atoms with Crippen LogP contribution in [0, 0.1) is 0 Å². The summed E-state index contributed by atoms with van der Waals surface area (Å²) in [6.45, 7) is 0. The van der Waals surface area contributed by atoms with Gasteiger partial charge in [-0.1, -0.05) is 48.0 Å². The molecule has 2 aromatic carbocycles. The van der Waals surface area contributed by atoms with E-state index in [1.165, 1.54) is 0 Å². The molecule has 0 saturated heterocycles. The van der Waals surface area contributed by atoms with Gasteiger partial charge in [0.15, 0.2) is 0 Å². The molecule has 138 valence electrons. The third-order valence-corrected chi connectivity index (χ3v) is 3.98. The van der Waals surface area contributed by atoms with E-state index in [1.807, 2.05) is 6.07 Å². The summed E-state index contributed by atoms with van der Waals surface area (Å²) in [5.41, 5.74) is 0.437. The fourth-order valence-corrected chi connectivity index (χ4v) is 2.73. The van der Waals surface area contributed by atoms with Crippen LogP contribution in [0.3, 0.4) is 0 Å². The molecule has 0 bridgehead atoms. The molecule has 0 atom stereocenters. The zero-order chi connectivity index (χ0) is 19.4. The lowest BCUT2D eigenvalue weighted by atomic mass is 10.0. The van der Waals surface area contributed by atoms with Gasteiger partial charge in [0.2, 0.25) is 0 Å². The number of nitrogens with zero attached hydrogens (tertiary/aromatic N) is 1. The molecular formula is C20H13ClF3NO2. The predicted molar refractivity (Wildman–Crippen MR) is 95.5 cm³/mol. The number of aromatic nitrogens is 1. The number of rotatable bonds is 4. The predicted octanol–water partition coefficient (Wildman–Crippen LogP) is 5.57. The van der Waals surface area contributed by atoms with Crippen molar-refractivity contribution >= 4 is 17.6 Å². The van der Waals surface area contributed by atoms with Crippen molar-refractivity contribution < 1.29 is 22.7 Å². The number of ether oxygens (including phenoxy) is 1. The molecule has 3 aromatic rings. The number of alkyl halides is 3. The van der Waals surface area contributed by atoms with Crippen LogP contribution in [0.5, 0.6) is 5.75 Å². The van der Waals surface area contributed by atoms with Crippen LogP contribution in [0.25, 0.3) is 11.3 Å². The average molecular weight is 392 g/mol. The summed E-state index contributed by atoms with van der Waals surface area (Å²) in [5, 5.41) is -0.117. The van der Waals surface area contributed by atoms with Crippen molar-refractivity contribution in [3.8, 4) is 17.0 Å². The summed E-state index contributed by atoms with van der Waals surface area (Å²) in [6.07, 6.45) is -3.78. The van der Waals surface area contributed by atoms with E-state index in [0.29, 0.717) is 16.9 Å². The summed E-state index contributed by atoms with van der Waals surface area (Å²) in [4.78, 5) is 15.9. The van der Waals surface area contributed by atoms with Crippen molar-refractivity contribution in [2.75, 3.05) is 0 Å². The van der Waals surface area contributed by atoms with Gasteiger partial charge in [0.05, 0.1) is 22.7 Å². The zero-order valence-electron chi connectivity index (χ0n) is 13.8. The van der Waals surface area contributed by atoms with Gasteiger partial charge < -0.3 is 4.74 Å². The molecule has 1 aromatic heterocycles. The number of pyridine rings is 1. The Morgan fingerprint density at radius 2 is 1.78 bits per heavy atom. The van der Waals surface area contributed by atoms with E-state index in [1.54, 1.807) is 48.5 Å². The first-order valence-electron chi connectivity index (χ1n) is 7.91. The van der Waals surface area contributed by atoms with Crippen LogP contribution in [0.2, 0.25) is 5.02 Å². The Hall–Kier alpha value is -2.86. The second kappa shape index (κ2) is 7.80. The Balaban J connectivity index is 1.78. The Morgan fingerprint density at radius 1 is 1.04 bits per heavy atom. The van der Waals surface area contributed by atoms with Crippen LogP contribution < -0.4 is 4.74 Å². The zero-order valence-corrected chi connectivity index (χ0v) is 14.6. The number of carbonyl (C=O) groups excluding carboxylic acids is 1. The molecule has 0 unspecified atom stereocenters. The highest BCUT2D eigenvalue weighted by atomic mass is 35.5. The van der Waals surface area contributed by atoms with Crippen molar-refractivity contribution in [1.29, 1.82) is 0 Å². The van der Waals surface area contributed by atoms with Gasteiger partial charge in [0.25, 0.3) is 0 Å². The van der Waals surface area contributed by atoms with Crippen molar-refractivity contribution in [2.24, 2.45) is 0 Å². The smallest absolute Gasteiger partial charge is 0.417 e. The molecule has 0 N–H and O–H groups in total. The lowest BCUT2D eigenvalue weighted by molar-refractivity contribution is -0.138. The molecule has 0 radical (unpaired) electrons. The summed E-state index contributed by atoms with van der Waals surface area (Å²) < 4.78 is 43.5. The quantitative estimate of drug-likeness (QED) is 0.431. The molecule has 0 saturated carbocycles. The molecule has 0 aliphatic heterocycles. The van der Waals surface area contributed by atoms with Gasteiger partial charge in [-0.15, -0.1) is 0 Å². The third-order valence-electron chi connectivity index (χ3n) is 3.69. The maximum atomic E-state index is 12.7. The number of esters is 1. The van der Waals surface area contributed by atoms with Crippen LogP contribution in [0.15, 0.2) is 66.9 Å². The van der Waals surface area contributed by atoms with Gasteiger partial charge in [-0.25, -0.2) is 0 Å². The van der Waals surface area contributed by atoms with Crippen molar-refractivity contribution in [2.45, 2.75) is 12.6 Å². The number of para-hydroxylation sites is 1. The van der Waals surface area contributed by atoms with E-state index < -0.39 is 17.7 Å². The molecule has 3 rings (SSSR count). The minimum absolute atomic E-state index is 0.000980. The number of hydrogen-bond acceptors (Lipinski definition) is 3. The van der Waals surface area contributed by atoms with Crippen molar-refractivity contribution in [1.82, 2.24) is 4.98 Å². The molecular weight excluding hydrogens is 379 g/mol. The fraction of sp³-hybridized carbons (Fsp3) is 0.100. The average Bonchev–Trinajstić information content (AvgIpc) is 2.62.